The second-order valence-corrected chi connectivity index (χ2v) is 3.87. The van der Waals surface area contributed by atoms with Crippen molar-refractivity contribution in [3.05, 3.63) is 34.9 Å². The maximum atomic E-state index is 11.4. The van der Waals surface area contributed by atoms with Gasteiger partial charge in [-0.05, 0) is 17.7 Å². The summed E-state index contributed by atoms with van der Waals surface area (Å²) in [5, 5.41) is 5.15. The van der Waals surface area contributed by atoms with Crippen LogP contribution < -0.4 is 10.7 Å². The van der Waals surface area contributed by atoms with E-state index in [1.165, 1.54) is 0 Å². The largest absolute Gasteiger partial charge is 0.333 e. The molecule has 0 spiro atoms. The molecule has 4 nitrogen and oxygen atoms in total. The van der Waals surface area contributed by atoms with Gasteiger partial charge >= 0.3 is 6.03 Å². The molecule has 0 saturated heterocycles. The summed E-state index contributed by atoms with van der Waals surface area (Å²) in [7, 11) is 1.81. The van der Waals surface area contributed by atoms with E-state index in [-0.39, 0.29) is 6.03 Å². The molecule has 88 valence electrons. The lowest BCUT2D eigenvalue weighted by Crippen LogP contribution is -2.44. The van der Waals surface area contributed by atoms with Crippen LogP contribution >= 0.6 is 11.6 Å². The first-order valence-corrected chi connectivity index (χ1v) is 5.49. The molecule has 0 saturated carbocycles. The van der Waals surface area contributed by atoms with Gasteiger partial charge in [0.25, 0.3) is 0 Å². The van der Waals surface area contributed by atoms with Gasteiger partial charge in [-0.15, -0.1) is 0 Å². The Morgan fingerprint density at radius 1 is 1.38 bits per heavy atom. The molecule has 0 heterocycles. The minimum Gasteiger partial charge on any atom is -0.333 e. The fourth-order valence-electron chi connectivity index (χ4n) is 1.08. The summed E-state index contributed by atoms with van der Waals surface area (Å²) in [6.07, 6.45) is 0. The lowest BCUT2D eigenvalue weighted by Gasteiger charge is -2.16. The zero-order valence-electron chi connectivity index (χ0n) is 9.46. The van der Waals surface area contributed by atoms with Crippen molar-refractivity contribution in [3.63, 3.8) is 0 Å². The van der Waals surface area contributed by atoms with Crippen molar-refractivity contribution < 1.29 is 4.79 Å². The summed E-state index contributed by atoms with van der Waals surface area (Å²) in [5.74, 6) is 0. The van der Waals surface area contributed by atoms with E-state index in [1.54, 1.807) is 17.1 Å². The maximum absolute atomic E-state index is 11.4. The molecule has 16 heavy (non-hydrogen) atoms. The highest BCUT2D eigenvalue weighted by Gasteiger charge is 2.02. The number of urea groups is 1. The van der Waals surface area contributed by atoms with Crippen LogP contribution in [0.4, 0.5) is 4.79 Å². The number of benzene rings is 1. The van der Waals surface area contributed by atoms with Crippen LogP contribution in [-0.4, -0.2) is 24.6 Å². The number of carbonyl (C=O) groups is 1. The number of hydrogen-bond donors (Lipinski definition) is 2. The smallest absolute Gasteiger partial charge is 0.329 e. The van der Waals surface area contributed by atoms with E-state index >= 15 is 0 Å². The Labute approximate surface area is 101 Å². The third-order valence-electron chi connectivity index (χ3n) is 2.13. The second-order valence-electron chi connectivity index (χ2n) is 3.44. The number of amides is 2. The van der Waals surface area contributed by atoms with Gasteiger partial charge in [0.1, 0.15) is 0 Å². The Morgan fingerprint density at radius 3 is 2.56 bits per heavy atom. The minimum absolute atomic E-state index is 0.209. The van der Waals surface area contributed by atoms with E-state index in [4.69, 9.17) is 11.6 Å². The Balaban J connectivity index is 2.34. The molecule has 1 aromatic carbocycles. The Morgan fingerprint density at radius 2 is 2.00 bits per heavy atom. The number of hydrazine groups is 1. The van der Waals surface area contributed by atoms with Gasteiger partial charge in [-0.3, -0.25) is 5.43 Å². The van der Waals surface area contributed by atoms with Gasteiger partial charge in [-0.2, -0.15) is 0 Å². The number of nitrogens with zero attached hydrogens (tertiary/aromatic N) is 1. The number of nitrogens with one attached hydrogen (secondary N) is 2. The lowest BCUT2D eigenvalue weighted by atomic mass is 10.2. The van der Waals surface area contributed by atoms with Gasteiger partial charge < -0.3 is 5.32 Å². The Kier molecular flexibility index (Phi) is 5.08. The monoisotopic (exact) mass is 241 g/mol. The molecular formula is C11H16ClN3O. The predicted octanol–water partition coefficient (Wildman–Crippen LogP) is 2.01. The molecule has 1 rings (SSSR count). The van der Waals surface area contributed by atoms with E-state index in [0.29, 0.717) is 11.6 Å². The summed E-state index contributed by atoms with van der Waals surface area (Å²) in [4.78, 5) is 11.4. The summed E-state index contributed by atoms with van der Waals surface area (Å²) in [5.41, 5.74) is 3.68. The molecule has 0 aliphatic heterocycles. The van der Waals surface area contributed by atoms with Crippen LogP contribution in [0.2, 0.25) is 5.02 Å². The molecule has 0 fully saturated rings. The number of halogens is 1. The van der Waals surface area contributed by atoms with Crippen molar-refractivity contribution in [1.29, 1.82) is 0 Å². The average molecular weight is 242 g/mol. The summed E-state index contributed by atoms with van der Waals surface area (Å²) in [6.45, 7) is 3.20. The molecule has 0 aromatic heterocycles. The quantitative estimate of drug-likeness (QED) is 0.792. The third-order valence-corrected chi connectivity index (χ3v) is 2.39. The van der Waals surface area contributed by atoms with Crippen LogP contribution in [-0.2, 0) is 6.54 Å². The van der Waals surface area contributed by atoms with Crippen LogP contribution in [0.3, 0.4) is 0 Å². The predicted molar refractivity (Wildman–Crippen MR) is 65.1 cm³/mol. The highest BCUT2D eigenvalue weighted by Crippen LogP contribution is 2.08. The number of carbonyl (C=O) groups excluding carboxylic acids is 1. The first-order valence-electron chi connectivity index (χ1n) is 5.12. The highest BCUT2D eigenvalue weighted by molar-refractivity contribution is 6.30. The van der Waals surface area contributed by atoms with Crippen LogP contribution in [0.15, 0.2) is 24.3 Å². The van der Waals surface area contributed by atoms with Crippen molar-refractivity contribution in [1.82, 2.24) is 15.8 Å². The topological polar surface area (TPSA) is 44.4 Å². The summed E-state index contributed by atoms with van der Waals surface area (Å²) >= 11 is 5.76. The van der Waals surface area contributed by atoms with Crippen molar-refractivity contribution in [2.75, 3.05) is 13.6 Å². The fraction of sp³-hybridized carbons (Fsp3) is 0.364. The number of rotatable bonds is 4. The van der Waals surface area contributed by atoms with Gasteiger partial charge in [-0.25, -0.2) is 9.80 Å². The van der Waals surface area contributed by atoms with Gasteiger partial charge in [0.05, 0.1) is 0 Å². The SMILES string of the molecule is CCN(C)NC(=O)NCc1ccc(Cl)cc1. The Hall–Kier alpha value is -1.26. The maximum Gasteiger partial charge on any atom is 0.329 e. The Bertz CT molecular complexity index is 340. The average Bonchev–Trinajstić information content (AvgIpc) is 2.28. The first-order chi connectivity index (χ1) is 7.61. The van der Waals surface area contributed by atoms with Crippen LogP contribution in [0.25, 0.3) is 0 Å². The zero-order valence-corrected chi connectivity index (χ0v) is 10.2. The molecule has 2 amide bonds. The molecule has 0 aliphatic rings. The fourth-order valence-corrected chi connectivity index (χ4v) is 1.20. The van der Waals surface area contributed by atoms with Crippen molar-refractivity contribution in [3.8, 4) is 0 Å². The molecule has 0 bridgehead atoms. The first kappa shape index (κ1) is 12.8. The van der Waals surface area contributed by atoms with E-state index < -0.39 is 0 Å². The van der Waals surface area contributed by atoms with Gasteiger partial charge in [0.2, 0.25) is 0 Å². The molecule has 1 aromatic rings. The third kappa shape index (κ3) is 4.51. The molecule has 0 aliphatic carbocycles. The molecule has 0 unspecified atom stereocenters. The van der Waals surface area contributed by atoms with Crippen LogP contribution in [0, 0.1) is 0 Å². The van der Waals surface area contributed by atoms with E-state index in [1.807, 2.05) is 26.1 Å². The van der Waals surface area contributed by atoms with Gasteiger partial charge in [0.15, 0.2) is 0 Å². The summed E-state index contributed by atoms with van der Waals surface area (Å²) < 4.78 is 0. The van der Waals surface area contributed by atoms with Crippen LogP contribution in [0.5, 0.6) is 0 Å². The van der Waals surface area contributed by atoms with Crippen molar-refractivity contribution >= 4 is 17.6 Å². The van der Waals surface area contributed by atoms with E-state index in [2.05, 4.69) is 10.7 Å². The van der Waals surface area contributed by atoms with E-state index in [9.17, 15) is 4.79 Å². The zero-order chi connectivity index (χ0) is 12.0. The minimum atomic E-state index is -0.209. The molecule has 5 heteroatoms. The molecular weight excluding hydrogens is 226 g/mol. The van der Waals surface area contributed by atoms with Gasteiger partial charge in [0, 0.05) is 25.2 Å². The summed E-state index contributed by atoms with van der Waals surface area (Å²) in [6, 6.07) is 7.15. The second kappa shape index (κ2) is 6.35. The normalized spacial score (nSPS) is 10.2. The van der Waals surface area contributed by atoms with E-state index in [0.717, 1.165) is 12.1 Å². The molecule has 0 radical (unpaired) electrons. The standard InChI is InChI=1S/C11H16ClN3O/c1-3-15(2)14-11(16)13-8-9-4-6-10(12)7-5-9/h4-7H,3,8H2,1-2H3,(H2,13,14,16). The lowest BCUT2D eigenvalue weighted by molar-refractivity contribution is 0.201. The number of hydrogen-bond acceptors (Lipinski definition) is 2. The van der Waals surface area contributed by atoms with Gasteiger partial charge in [-0.1, -0.05) is 30.7 Å². The van der Waals surface area contributed by atoms with Crippen molar-refractivity contribution in [2.24, 2.45) is 0 Å². The van der Waals surface area contributed by atoms with Crippen molar-refractivity contribution in [2.45, 2.75) is 13.5 Å². The molecule has 0 atom stereocenters. The molecule has 2 N–H and O–H groups in total. The highest BCUT2D eigenvalue weighted by atomic mass is 35.5. The van der Waals surface area contributed by atoms with Crippen LogP contribution in [0.1, 0.15) is 12.5 Å².